The molecule has 3 N–H and O–H groups in total. The molecule has 1 saturated carbocycles. The first kappa shape index (κ1) is 14.1. The van der Waals surface area contributed by atoms with Gasteiger partial charge in [0.2, 0.25) is 0 Å². The summed E-state index contributed by atoms with van der Waals surface area (Å²) in [5, 5.41) is 4.04. The molecule has 1 atom stereocenters. The maximum absolute atomic E-state index is 12.4. The van der Waals surface area contributed by atoms with Crippen LogP contribution >= 0.6 is 11.3 Å². The van der Waals surface area contributed by atoms with Crippen molar-refractivity contribution in [3.8, 4) is 0 Å². The van der Waals surface area contributed by atoms with Crippen LogP contribution in [0.15, 0.2) is 0 Å². The number of hydrogen-bond acceptors (Lipinski definition) is 5. The predicted molar refractivity (Wildman–Crippen MR) is 79.6 cm³/mol. The van der Waals surface area contributed by atoms with Crippen LogP contribution in [-0.2, 0) is 0 Å². The number of rotatable bonds is 5. The Morgan fingerprint density at radius 3 is 2.63 bits per heavy atom. The molecule has 0 radical (unpaired) electrons. The number of carbonyl (C=O) groups excluding carboxylic acids is 1. The maximum atomic E-state index is 12.4. The smallest absolute Gasteiger partial charge is 0.267 e. The van der Waals surface area contributed by atoms with E-state index in [2.05, 4.69) is 24.1 Å². The van der Waals surface area contributed by atoms with Gasteiger partial charge < -0.3 is 16.0 Å². The SMILES string of the molecule is CC(C)C(C)N(C)C(=O)c1sc(NC2CC2)nc1N. The lowest BCUT2D eigenvalue weighted by atomic mass is 10.1. The van der Waals surface area contributed by atoms with Crippen molar-refractivity contribution in [1.29, 1.82) is 0 Å². The molecule has 6 heteroatoms. The lowest BCUT2D eigenvalue weighted by Gasteiger charge is -2.27. The van der Waals surface area contributed by atoms with Crippen molar-refractivity contribution < 1.29 is 4.79 Å². The molecule has 1 amide bonds. The van der Waals surface area contributed by atoms with Crippen LogP contribution in [0, 0.1) is 5.92 Å². The van der Waals surface area contributed by atoms with Crippen LogP contribution in [0.1, 0.15) is 43.3 Å². The second-order valence-electron chi connectivity index (χ2n) is 5.55. The zero-order valence-electron chi connectivity index (χ0n) is 11.9. The molecule has 1 aromatic heterocycles. The molecule has 2 rings (SSSR count). The molecular weight excluding hydrogens is 260 g/mol. The van der Waals surface area contributed by atoms with Crippen LogP contribution in [0.25, 0.3) is 0 Å². The van der Waals surface area contributed by atoms with Gasteiger partial charge in [0.05, 0.1) is 0 Å². The highest BCUT2D eigenvalue weighted by Gasteiger charge is 2.27. The van der Waals surface area contributed by atoms with Crippen LogP contribution in [0.2, 0.25) is 0 Å². The van der Waals surface area contributed by atoms with Crippen molar-refractivity contribution in [2.75, 3.05) is 18.1 Å². The molecule has 0 bridgehead atoms. The summed E-state index contributed by atoms with van der Waals surface area (Å²) >= 11 is 1.35. The Morgan fingerprint density at radius 2 is 2.11 bits per heavy atom. The van der Waals surface area contributed by atoms with Gasteiger partial charge in [-0.1, -0.05) is 25.2 Å². The average molecular weight is 282 g/mol. The lowest BCUT2D eigenvalue weighted by molar-refractivity contribution is 0.0713. The van der Waals surface area contributed by atoms with Gasteiger partial charge in [0, 0.05) is 19.1 Å². The van der Waals surface area contributed by atoms with E-state index < -0.39 is 0 Å². The third-order valence-corrected chi connectivity index (χ3v) is 4.64. The van der Waals surface area contributed by atoms with E-state index in [9.17, 15) is 4.79 Å². The molecule has 1 fully saturated rings. The largest absolute Gasteiger partial charge is 0.382 e. The van der Waals surface area contributed by atoms with Crippen LogP contribution in [0.4, 0.5) is 10.9 Å². The number of carbonyl (C=O) groups is 1. The standard InChI is InChI=1S/C13H22N4OS/c1-7(2)8(3)17(4)12(18)10-11(14)16-13(19-10)15-9-5-6-9/h7-9H,5-6,14H2,1-4H3,(H,15,16). The van der Waals surface area contributed by atoms with Crippen molar-refractivity contribution in [2.45, 2.75) is 45.7 Å². The first-order chi connectivity index (χ1) is 8.90. The highest BCUT2D eigenvalue weighted by molar-refractivity contribution is 7.18. The lowest BCUT2D eigenvalue weighted by Crippen LogP contribution is -2.38. The Morgan fingerprint density at radius 1 is 1.47 bits per heavy atom. The molecule has 19 heavy (non-hydrogen) atoms. The number of nitrogen functional groups attached to an aromatic ring is 1. The molecule has 0 aliphatic heterocycles. The van der Waals surface area contributed by atoms with E-state index in [-0.39, 0.29) is 11.9 Å². The van der Waals surface area contributed by atoms with E-state index in [1.54, 1.807) is 4.90 Å². The molecule has 0 saturated heterocycles. The Hall–Kier alpha value is -1.30. The summed E-state index contributed by atoms with van der Waals surface area (Å²) in [5.74, 6) is 0.702. The monoisotopic (exact) mass is 282 g/mol. The van der Waals surface area contributed by atoms with Gasteiger partial charge in [-0.2, -0.15) is 0 Å². The fourth-order valence-corrected chi connectivity index (χ4v) is 2.69. The van der Waals surface area contributed by atoms with Gasteiger partial charge in [0.25, 0.3) is 5.91 Å². The molecule has 1 aliphatic carbocycles. The van der Waals surface area contributed by atoms with Gasteiger partial charge in [-0.25, -0.2) is 4.98 Å². The zero-order chi connectivity index (χ0) is 14.2. The predicted octanol–water partition coefficient (Wildman–Crippen LogP) is 2.42. The minimum atomic E-state index is -0.0416. The van der Waals surface area contributed by atoms with Gasteiger partial charge in [0.1, 0.15) is 10.7 Å². The van der Waals surface area contributed by atoms with Crippen LogP contribution in [0.3, 0.4) is 0 Å². The van der Waals surface area contributed by atoms with E-state index in [1.807, 2.05) is 14.0 Å². The summed E-state index contributed by atoms with van der Waals surface area (Å²) in [6.45, 7) is 6.25. The van der Waals surface area contributed by atoms with Crippen LogP contribution < -0.4 is 11.1 Å². The normalized spacial score (nSPS) is 16.5. The average Bonchev–Trinajstić information content (AvgIpc) is 3.09. The van der Waals surface area contributed by atoms with E-state index in [0.717, 1.165) is 5.13 Å². The summed E-state index contributed by atoms with van der Waals surface area (Å²) < 4.78 is 0. The summed E-state index contributed by atoms with van der Waals surface area (Å²) in [6.07, 6.45) is 2.35. The highest BCUT2D eigenvalue weighted by atomic mass is 32.1. The number of anilines is 2. The van der Waals surface area contributed by atoms with Crippen molar-refractivity contribution in [3.05, 3.63) is 4.88 Å². The number of hydrogen-bond donors (Lipinski definition) is 2. The van der Waals surface area contributed by atoms with Crippen molar-refractivity contribution >= 4 is 28.2 Å². The molecule has 1 aliphatic rings. The van der Waals surface area contributed by atoms with Crippen molar-refractivity contribution in [3.63, 3.8) is 0 Å². The number of thiazole rings is 1. The fraction of sp³-hybridized carbons (Fsp3) is 0.692. The first-order valence-corrected chi connectivity index (χ1v) is 7.51. The fourth-order valence-electron chi connectivity index (χ4n) is 1.74. The Kier molecular flexibility index (Phi) is 3.99. The van der Waals surface area contributed by atoms with Crippen LogP contribution in [-0.4, -0.2) is 34.9 Å². The van der Waals surface area contributed by atoms with Crippen molar-refractivity contribution in [1.82, 2.24) is 9.88 Å². The summed E-state index contributed by atoms with van der Waals surface area (Å²) in [7, 11) is 1.82. The summed E-state index contributed by atoms with van der Waals surface area (Å²) in [5.41, 5.74) is 5.86. The van der Waals surface area contributed by atoms with Gasteiger partial charge >= 0.3 is 0 Å². The van der Waals surface area contributed by atoms with Gasteiger partial charge in [-0.3, -0.25) is 4.79 Å². The van der Waals surface area contributed by atoms with Gasteiger partial charge in [-0.05, 0) is 25.7 Å². The van der Waals surface area contributed by atoms with Crippen molar-refractivity contribution in [2.24, 2.45) is 5.92 Å². The molecule has 0 aromatic carbocycles. The number of nitrogens with zero attached hydrogens (tertiary/aromatic N) is 2. The van der Waals surface area contributed by atoms with Gasteiger partial charge in [-0.15, -0.1) is 0 Å². The Balaban J connectivity index is 2.11. The van der Waals surface area contributed by atoms with Crippen LogP contribution in [0.5, 0.6) is 0 Å². The molecule has 0 spiro atoms. The minimum absolute atomic E-state index is 0.0416. The Bertz CT molecular complexity index is 467. The van der Waals surface area contributed by atoms with E-state index >= 15 is 0 Å². The summed E-state index contributed by atoms with van der Waals surface area (Å²) in [6, 6.07) is 0.690. The molecule has 106 valence electrons. The Labute approximate surface area is 118 Å². The zero-order valence-corrected chi connectivity index (χ0v) is 12.8. The topological polar surface area (TPSA) is 71.2 Å². The summed E-state index contributed by atoms with van der Waals surface area (Å²) in [4.78, 5) is 18.9. The number of aromatic nitrogens is 1. The first-order valence-electron chi connectivity index (χ1n) is 6.70. The highest BCUT2D eigenvalue weighted by Crippen LogP contribution is 2.31. The van der Waals surface area contributed by atoms with E-state index in [0.29, 0.717) is 22.7 Å². The molecule has 5 nitrogen and oxygen atoms in total. The maximum Gasteiger partial charge on any atom is 0.267 e. The quantitative estimate of drug-likeness (QED) is 0.870. The molecule has 1 heterocycles. The van der Waals surface area contributed by atoms with Gasteiger partial charge in [0.15, 0.2) is 5.13 Å². The van der Waals surface area contributed by atoms with E-state index in [1.165, 1.54) is 24.2 Å². The number of amides is 1. The molecule has 1 aromatic rings. The number of nitrogens with two attached hydrogens (primary N) is 1. The number of nitrogens with one attached hydrogen (secondary N) is 1. The molecular formula is C13H22N4OS. The minimum Gasteiger partial charge on any atom is -0.382 e. The second-order valence-corrected chi connectivity index (χ2v) is 6.55. The molecule has 1 unspecified atom stereocenters. The third-order valence-electron chi connectivity index (χ3n) is 3.65. The second kappa shape index (κ2) is 5.36. The third kappa shape index (κ3) is 3.18. The van der Waals surface area contributed by atoms with E-state index in [4.69, 9.17) is 5.73 Å².